The van der Waals surface area contributed by atoms with E-state index >= 15 is 0 Å². The van der Waals surface area contributed by atoms with Gasteiger partial charge in [0.1, 0.15) is 4.60 Å². The number of carbonyl (C=O) groups is 1. The molecule has 0 unspecified atom stereocenters. The molecule has 2 heterocycles. The van der Waals surface area contributed by atoms with Gasteiger partial charge >= 0.3 is 0 Å². The van der Waals surface area contributed by atoms with Crippen molar-refractivity contribution in [3.8, 4) is 0 Å². The summed E-state index contributed by atoms with van der Waals surface area (Å²) in [6, 6.07) is 3.39. The quantitative estimate of drug-likeness (QED) is 0.860. The lowest BCUT2D eigenvalue weighted by Crippen LogP contribution is -2.13. The van der Waals surface area contributed by atoms with Crippen LogP contribution in [0, 0.1) is 6.92 Å². The Morgan fingerprint density at radius 3 is 2.89 bits per heavy atom. The minimum Gasteiger partial charge on any atom is -0.320 e. The Morgan fingerprint density at radius 2 is 2.22 bits per heavy atom. The number of nitrogens with one attached hydrogen (secondary N) is 1. The first-order valence-electron chi connectivity index (χ1n) is 5.11. The van der Waals surface area contributed by atoms with Crippen molar-refractivity contribution < 1.29 is 4.79 Å². The number of halogens is 2. The summed E-state index contributed by atoms with van der Waals surface area (Å²) in [6.07, 6.45) is 4.53. The molecule has 0 saturated carbocycles. The van der Waals surface area contributed by atoms with Crippen molar-refractivity contribution in [1.82, 2.24) is 9.97 Å². The summed E-state index contributed by atoms with van der Waals surface area (Å²) in [5.74, 6) is -0.309. The van der Waals surface area contributed by atoms with Gasteiger partial charge in [0.15, 0.2) is 0 Å². The van der Waals surface area contributed by atoms with Gasteiger partial charge in [-0.05, 0) is 40.5 Å². The molecule has 0 aliphatic heterocycles. The molecule has 0 aliphatic rings. The van der Waals surface area contributed by atoms with Gasteiger partial charge in [-0.3, -0.25) is 9.78 Å². The second-order valence-electron chi connectivity index (χ2n) is 3.64. The van der Waals surface area contributed by atoms with E-state index in [2.05, 4.69) is 31.2 Å². The third-order valence-electron chi connectivity index (χ3n) is 2.28. The second-order valence-corrected chi connectivity index (χ2v) is 4.80. The first-order chi connectivity index (χ1) is 8.58. The zero-order valence-electron chi connectivity index (χ0n) is 9.45. The Balaban J connectivity index is 2.22. The minimum absolute atomic E-state index is 0.309. The van der Waals surface area contributed by atoms with Crippen LogP contribution in [-0.2, 0) is 0 Å². The summed E-state index contributed by atoms with van der Waals surface area (Å²) in [4.78, 5) is 19.9. The maximum Gasteiger partial charge on any atom is 0.258 e. The molecule has 0 saturated heterocycles. The third-order valence-corrected chi connectivity index (χ3v) is 3.44. The topological polar surface area (TPSA) is 54.9 Å². The van der Waals surface area contributed by atoms with Gasteiger partial charge in [-0.2, -0.15) is 0 Å². The molecular formula is C12H9BrClN3O. The fourth-order valence-electron chi connectivity index (χ4n) is 1.37. The molecule has 1 N–H and O–H groups in total. The molecule has 92 valence electrons. The molecule has 0 spiro atoms. The smallest absolute Gasteiger partial charge is 0.258 e. The lowest BCUT2D eigenvalue weighted by atomic mass is 10.2. The van der Waals surface area contributed by atoms with Crippen LogP contribution < -0.4 is 5.32 Å². The first-order valence-corrected chi connectivity index (χ1v) is 6.28. The van der Waals surface area contributed by atoms with E-state index in [0.717, 1.165) is 10.2 Å². The number of carbonyl (C=O) groups excluding carboxylic acids is 1. The molecule has 6 heteroatoms. The highest BCUT2D eigenvalue weighted by Crippen LogP contribution is 2.19. The van der Waals surface area contributed by atoms with Crippen LogP contribution in [0.3, 0.4) is 0 Å². The summed E-state index contributed by atoms with van der Waals surface area (Å²) >= 11 is 9.22. The normalized spacial score (nSPS) is 10.2. The number of amides is 1. The summed E-state index contributed by atoms with van der Waals surface area (Å²) in [6.45, 7) is 1.89. The maximum absolute atomic E-state index is 12.0. The number of aryl methyl sites for hydroxylation is 1. The SMILES string of the molecule is Cc1cc(NC(=O)c2cnccc2Cl)cnc1Br. The average molecular weight is 327 g/mol. The molecule has 0 aromatic carbocycles. The lowest BCUT2D eigenvalue weighted by molar-refractivity contribution is 0.102. The van der Waals surface area contributed by atoms with Crippen molar-refractivity contribution >= 4 is 39.1 Å². The van der Waals surface area contributed by atoms with Crippen molar-refractivity contribution in [1.29, 1.82) is 0 Å². The Morgan fingerprint density at radius 1 is 1.44 bits per heavy atom. The standard InChI is InChI=1S/C12H9BrClN3O/c1-7-4-8(5-16-11(7)13)17-12(18)9-6-15-3-2-10(9)14/h2-6H,1H3,(H,17,18). The highest BCUT2D eigenvalue weighted by Gasteiger charge is 2.11. The summed E-state index contributed by atoms with van der Waals surface area (Å²) in [7, 11) is 0. The lowest BCUT2D eigenvalue weighted by Gasteiger charge is -2.07. The average Bonchev–Trinajstić information content (AvgIpc) is 2.34. The van der Waals surface area contributed by atoms with Crippen LogP contribution in [0.5, 0.6) is 0 Å². The zero-order chi connectivity index (χ0) is 13.1. The Hall–Kier alpha value is -1.46. The summed E-state index contributed by atoms with van der Waals surface area (Å²) < 4.78 is 0.750. The first kappa shape index (κ1) is 13.0. The van der Waals surface area contributed by atoms with E-state index in [9.17, 15) is 4.79 Å². The molecular weight excluding hydrogens is 318 g/mol. The van der Waals surface area contributed by atoms with Gasteiger partial charge in [-0.1, -0.05) is 11.6 Å². The van der Waals surface area contributed by atoms with Crippen LogP contribution >= 0.6 is 27.5 Å². The van der Waals surface area contributed by atoms with E-state index in [1.807, 2.05) is 13.0 Å². The molecule has 0 bridgehead atoms. The highest BCUT2D eigenvalue weighted by molar-refractivity contribution is 9.10. The number of hydrogen-bond acceptors (Lipinski definition) is 3. The van der Waals surface area contributed by atoms with Gasteiger partial charge in [-0.15, -0.1) is 0 Å². The maximum atomic E-state index is 12.0. The van der Waals surface area contributed by atoms with E-state index in [1.165, 1.54) is 12.4 Å². The zero-order valence-corrected chi connectivity index (χ0v) is 11.8. The predicted molar refractivity (Wildman–Crippen MR) is 73.9 cm³/mol. The Kier molecular flexibility index (Phi) is 3.93. The van der Waals surface area contributed by atoms with Crippen LogP contribution in [0.1, 0.15) is 15.9 Å². The summed E-state index contributed by atoms with van der Waals surface area (Å²) in [5, 5.41) is 3.09. The number of pyridine rings is 2. The Labute approximate surface area is 118 Å². The largest absolute Gasteiger partial charge is 0.320 e. The molecule has 1 amide bonds. The monoisotopic (exact) mass is 325 g/mol. The van der Waals surface area contributed by atoms with Crippen LogP contribution in [-0.4, -0.2) is 15.9 Å². The van der Waals surface area contributed by atoms with E-state index < -0.39 is 0 Å². The van der Waals surface area contributed by atoms with Crippen molar-refractivity contribution in [2.24, 2.45) is 0 Å². The number of aromatic nitrogens is 2. The molecule has 18 heavy (non-hydrogen) atoms. The van der Waals surface area contributed by atoms with E-state index in [0.29, 0.717) is 16.3 Å². The van der Waals surface area contributed by atoms with Crippen molar-refractivity contribution in [3.05, 3.63) is 51.5 Å². The molecule has 0 fully saturated rings. The van der Waals surface area contributed by atoms with Gasteiger partial charge in [0.05, 0.1) is 22.5 Å². The predicted octanol–water partition coefficient (Wildman–Crippen LogP) is 3.45. The van der Waals surface area contributed by atoms with Crippen molar-refractivity contribution in [3.63, 3.8) is 0 Å². The molecule has 2 rings (SSSR count). The van der Waals surface area contributed by atoms with Gasteiger partial charge in [0.25, 0.3) is 5.91 Å². The molecule has 0 aliphatic carbocycles. The Bertz CT molecular complexity index is 604. The molecule has 2 aromatic rings. The fraction of sp³-hybridized carbons (Fsp3) is 0.0833. The van der Waals surface area contributed by atoms with Gasteiger partial charge in [0, 0.05) is 12.4 Å². The van der Waals surface area contributed by atoms with Crippen LogP contribution in [0.25, 0.3) is 0 Å². The van der Waals surface area contributed by atoms with Crippen LogP contribution in [0.15, 0.2) is 35.3 Å². The third kappa shape index (κ3) is 2.86. The van der Waals surface area contributed by atoms with E-state index in [1.54, 1.807) is 12.3 Å². The highest BCUT2D eigenvalue weighted by atomic mass is 79.9. The van der Waals surface area contributed by atoms with E-state index in [4.69, 9.17) is 11.6 Å². The number of anilines is 1. The molecule has 2 aromatic heterocycles. The number of nitrogens with zero attached hydrogens (tertiary/aromatic N) is 2. The van der Waals surface area contributed by atoms with Crippen molar-refractivity contribution in [2.45, 2.75) is 6.92 Å². The van der Waals surface area contributed by atoms with Crippen LogP contribution in [0.2, 0.25) is 5.02 Å². The number of rotatable bonds is 2. The van der Waals surface area contributed by atoms with Crippen LogP contribution in [0.4, 0.5) is 5.69 Å². The van der Waals surface area contributed by atoms with Gasteiger partial charge in [0.2, 0.25) is 0 Å². The van der Waals surface area contributed by atoms with Gasteiger partial charge < -0.3 is 5.32 Å². The minimum atomic E-state index is -0.309. The van der Waals surface area contributed by atoms with Crippen molar-refractivity contribution in [2.75, 3.05) is 5.32 Å². The van der Waals surface area contributed by atoms with E-state index in [-0.39, 0.29) is 5.91 Å². The van der Waals surface area contributed by atoms with Gasteiger partial charge in [-0.25, -0.2) is 4.98 Å². The molecule has 4 nitrogen and oxygen atoms in total. The molecule has 0 radical (unpaired) electrons. The molecule has 0 atom stereocenters. The number of hydrogen-bond donors (Lipinski definition) is 1. The second kappa shape index (κ2) is 5.46. The summed E-state index contributed by atoms with van der Waals surface area (Å²) in [5.41, 5.74) is 1.88. The fourth-order valence-corrected chi connectivity index (χ4v) is 1.78.